The minimum absolute atomic E-state index is 0.0491. The molecule has 0 fully saturated rings. The topological polar surface area (TPSA) is 62.0 Å². The molecule has 0 bridgehead atoms. The average molecular weight is 415 g/mol. The van der Waals surface area contributed by atoms with Crippen molar-refractivity contribution < 1.29 is 22.8 Å². The highest BCUT2D eigenvalue weighted by Crippen LogP contribution is 2.41. The van der Waals surface area contributed by atoms with E-state index >= 15 is 0 Å². The van der Waals surface area contributed by atoms with Gasteiger partial charge in [0.15, 0.2) is 0 Å². The molecule has 0 saturated heterocycles. The summed E-state index contributed by atoms with van der Waals surface area (Å²) >= 11 is 6.29. The summed E-state index contributed by atoms with van der Waals surface area (Å²) in [7, 11) is 0. The zero-order valence-corrected chi connectivity index (χ0v) is 15.2. The molecular weight excluding hydrogens is 405 g/mol. The van der Waals surface area contributed by atoms with Crippen molar-refractivity contribution in [1.82, 2.24) is 10.3 Å². The third-order valence-corrected chi connectivity index (χ3v) is 5.39. The molecule has 0 saturated carbocycles. The molecule has 2 N–H and O–H groups in total. The van der Waals surface area contributed by atoms with Crippen LogP contribution in [-0.4, -0.2) is 16.8 Å². The van der Waals surface area contributed by atoms with Gasteiger partial charge in [-0.1, -0.05) is 29.8 Å². The van der Waals surface area contributed by atoms with Crippen molar-refractivity contribution in [2.75, 3.05) is 0 Å². The first kappa shape index (κ1) is 17.8. The highest BCUT2D eigenvalue weighted by molar-refractivity contribution is 6.36. The Morgan fingerprint density at radius 3 is 2.28 bits per heavy atom. The van der Waals surface area contributed by atoms with E-state index in [0.717, 1.165) is 12.1 Å². The highest BCUT2D eigenvalue weighted by Gasteiger charge is 2.35. The number of aromatic nitrogens is 1. The van der Waals surface area contributed by atoms with E-state index in [1.54, 1.807) is 30.3 Å². The molecule has 1 aromatic heterocycles. The molecule has 2 amide bonds. The van der Waals surface area contributed by atoms with Crippen LogP contribution in [0.4, 0.5) is 13.2 Å². The van der Waals surface area contributed by atoms with Gasteiger partial charge in [0.05, 0.1) is 16.7 Å². The molecular formula is C21H10ClF3N2O2. The van der Waals surface area contributed by atoms with Gasteiger partial charge in [-0.3, -0.25) is 14.9 Å². The maximum Gasteiger partial charge on any atom is 0.416 e. The largest absolute Gasteiger partial charge is 0.416 e. The Kier molecular flexibility index (Phi) is 3.58. The smallest absolute Gasteiger partial charge is 0.354 e. The van der Waals surface area contributed by atoms with Gasteiger partial charge in [0.25, 0.3) is 11.8 Å². The summed E-state index contributed by atoms with van der Waals surface area (Å²) in [6, 6.07) is 11.8. The third kappa shape index (κ3) is 2.54. The summed E-state index contributed by atoms with van der Waals surface area (Å²) in [6.45, 7) is 0. The van der Waals surface area contributed by atoms with Gasteiger partial charge >= 0.3 is 6.18 Å². The van der Waals surface area contributed by atoms with Crippen molar-refractivity contribution in [3.63, 3.8) is 0 Å². The quantitative estimate of drug-likeness (QED) is 0.401. The van der Waals surface area contributed by atoms with Gasteiger partial charge in [-0.25, -0.2) is 0 Å². The predicted molar refractivity (Wildman–Crippen MR) is 103 cm³/mol. The van der Waals surface area contributed by atoms with Crippen LogP contribution in [0, 0.1) is 0 Å². The number of amides is 2. The number of carbonyl (C=O) groups excluding carboxylic acids is 2. The number of hydrogen-bond acceptors (Lipinski definition) is 2. The molecule has 0 atom stereocenters. The molecule has 4 aromatic rings. The maximum atomic E-state index is 13.2. The number of hydrogen-bond donors (Lipinski definition) is 2. The molecule has 144 valence electrons. The molecule has 0 unspecified atom stereocenters. The lowest BCUT2D eigenvalue weighted by atomic mass is 9.92. The number of rotatable bonds is 1. The van der Waals surface area contributed by atoms with Gasteiger partial charge in [-0.15, -0.1) is 0 Å². The normalized spacial score (nSPS) is 13.9. The van der Waals surface area contributed by atoms with Crippen LogP contribution < -0.4 is 5.32 Å². The van der Waals surface area contributed by atoms with Crippen LogP contribution in [0.1, 0.15) is 26.3 Å². The molecule has 1 aliphatic rings. The Morgan fingerprint density at radius 2 is 1.55 bits per heavy atom. The summed E-state index contributed by atoms with van der Waals surface area (Å²) in [5.41, 5.74) is 1.17. The second kappa shape index (κ2) is 5.84. The first-order chi connectivity index (χ1) is 13.8. The molecule has 0 aliphatic carbocycles. The molecule has 0 radical (unpaired) electrons. The Balaban J connectivity index is 1.94. The Morgan fingerprint density at radius 1 is 0.828 bits per heavy atom. The molecule has 0 spiro atoms. The van der Waals surface area contributed by atoms with Gasteiger partial charge in [0, 0.05) is 32.4 Å². The van der Waals surface area contributed by atoms with Crippen molar-refractivity contribution in [3.05, 3.63) is 70.2 Å². The molecule has 1 aliphatic heterocycles. The fourth-order valence-corrected chi connectivity index (χ4v) is 4.06. The van der Waals surface area contributed by atoms with Crippen LogP contribution in [0.2, 0.25) is 5.02 Å². The monoisotopic (exact) mass is 414 g/mol. The number of alkyl halides is 3. The molecule has 29 heavy (non-hydrogen) atoms. The first-order valence-corrected chi connectivity index (χ1v) is 8.93. The number of benzene rings is 3. The lowest BCUT2D eigenvalue weighted by molar-refractivity contribution is -0.137. The standard InChI is InChI=1S/C21H10ClF3N2O2/c22-13-4-2-1-3-10(13)11-8-15-16(18-17(11)19(28)27-20(18)29)12-7-9(21(23,24)25)5-6-14(12)26-15/h1-8,26H,(H,27,28,29). The Labute approximate surface area is 166 Å². The van der Waals surface area contributed by atoms with E-state index in [0.29, 0.717) is 27.2 Å². The van der Waals surface area contributed by atoms with Crippen LogP contribution in [0.25, 0.3) is 32.9 Å². The minimum Gasteiger partial charge on any atom is -0.354 e. The summed E-state index contributed by atoms with van der Waals surface area (Å²) in [5.74, 6) is -1.26. The van der Waals surface area contributed by atoms with Crippen molar-refractivity contribution in [2.24, 2.45) is 0 Å². The van der Waals surface area contributed by atoms with Crippen LogP contribution in [0.3, 0.4) is 0 Å². The number of carbonyl (C=O) groups is 2. The Hall–Kier alpha value is -3.32. The van der Waals surface area contributed by atoms with Crippen molar-refractivity contribution in [3.8, 4) is 11.1 Å². The minimum atomic E-state index is -4.53. The fourth-order valence-electron chi connectivity index (χ4n) is 3.83. The van der Waals surface area contributed by atoms with Crippen LogP contribution >= 0.6 is 11.6 Å². The molecule has 5 rings (SSSR count). The van der Waals surface area contributed by atoms with Crippen LogP contribution in [-0.2, 0) is 6.18 Å². The van der Waals surface area contributed by atoms with Crippen molar-refractivity contribution in [2.45, 2.75) is 6.18 Å². The fraction of sp³-hybridized carbons (Fsp3) is 0.0476. The predicted octanol–water partition coefficient (Wildman–Crippen LogP) is 5.54. The van der Waals surface area contributed by atoms with E-state index in [-0.39, 0.29) is 21.9 Å². The number of aromatic amines is 1. The number of fused-ring (bicyclic) bond motifs is 5. The zero-order valence-electron chi connectivity index (χ0n) is 14.4. The zero-order chi connectivity index (χ0) is 20.5. The summed E-state index contributed by atoms with van der Waals surface area (Å²) < 4.78 is 39.6. The van der Waals surface area contributed by atoms with Gasteiger partial charge in [0.1, 0.15) is 0 Å². The highest BCUT2D eigenvalue weighted by atomic mass is 35.5. The molecule has 2 heterocycles. The van der Waals surface area contributed by atoms with E-state index in [9.17, 15) is 22.8 Å². The molecule has 4 nitrogen and oxygen atoms in total. The van der Waals surface area contributed by atoms with Gasteiger partial charge in [0.2, 0.25) is 0 Å². The average Bonchev–Trinajstić information content (AvgIpc) is 3.17. The van der Waals surface area contributed by atoms with Gasteiger partial charge in [-0.2, -0.15) is 13.2 Å². The van der Waals surface area contributed by atoms with Gasteiger partial charge < -0.3 is 4.98 Å². The van der Waals surface area contributed by atoms with Crippen molar-refractivity contribution >= 4 is 45.2 Å². The number of imide groups is 1. The van der Waals surface area contributed by atoms with Gasteiger partial charge in [-0.05, 0) is 35.9 Å². The summed E-state index contributed by atoms with van der Waals surface area (Å²) in [6.07, 6.45) is -4.53. The summed E-state index contributed by atoms with van der Waals surface area (Å²) in [4.78, 5) is 28.2. The molecule has 3 aromatic carbocycles. The van der Waals surface area contributed by atoms with E-state index in [1.165, 1.54) is 6.07 Å². The van der Waals surface area contributed by atoms with Crippen LogP contribution in [0.5, 0.6) is 0 Å². The number of H-pyrrole nitrogens is 1. The van der Waals surface area contributed by atoms with E-state index in [1.807, 2.05) is 0 Å². The van der Waals surface area contributed by atoms with E-state index in [2.05, 4.69) is 10.3 Å². The maximum absolute atomic E-state index is 13.2. The van der Waals surface area contributed by atoms with Crippen molar-refractivity contribution in [1.29, 1.82) is 0 Å². The number of nitrogens with one attached hydrogen (secondary N) is 2. The number of halogens is 4. The first-order valence-electron chi connectivity index (χ1n) is 8.56. The second-order valence-corrected chi connectivity index (χ2v) is 7.15. The third-order valence-electron chi connectivity index (χ3n) is 5.06. The van der Waals surface area contributed by atoms with Crippen LogP contribution in [0.15, 0.2) is 48.5 Å². The summed E-state index contributed by atoms with van der Waals surface area (Å²) in [5, 5.41) is 3.13. The lowest BCUT2D eigenvalue weighted by Crippen LogP contribution is -2.20. The molecule has 8 heteroatoms. The lowest BCUT2D eigenvalue weighted by Gasteiger charge is -2.10. The van der Waals surface area contributed by atoms with E-state index < -0.39 is 23.6 Å². The van der Waals surface area contributed by atoms with E-state index in [4.69, 9.17) is 11.6 Å². The second-order valence-electron chi connectivity index (χ2n) is 6.74. The Bertz CT molecular complexity index is 1370. The SMILES string of the molecule is O=C1NC(=O)c2c1c(-c1ccccc1Cl)cc1[nH]c3ccc(C(F)(F)F)cc3c21.